The molecule has 0 heterocycles. The molecule has 2 N–H and O–H groups in total. The van der Waals surface area contributed by atoms with Crippen molar-refractivity contribution >= 4 is 28.1 Å². The first-order valence-electron chi connectivity index (χ1n) is 4.44. The standard InChI is InChI=1S/C10H14ClNOS/c1-7(2)6-14(13)10-5-8(11)3-4-9(10)12/h3-5,7H,6,12H2,1-2H3. The fourth-order valence-electron chi connectivity index (χ4n) is 1.10. The van der Waals surface area contributed by atoms with Crippen molar-refractivity contribution in [1.29, 1.82) is 0 Å². The summed E-state index contributed by atoms with van der Waals surface area (Å²) in [5.74, 6) is 0.999. The van der Waals surface area contributed by atoms with Gasteiger partial charge in [0.2, 0.25) is 0 Å². The van der Waals surface area contributed by atoms with E-state index in [2.05, 4.69) is 0 Å². The van der Waals surface area contributed by atoms with E-state index >= 15 is 0 Å². The minimum atomic E-state index is -1.04. The minimum Gasteiger partial charge on any atom is -0.398 e. The number of nitrogens with two attached hydrogens (primary N) is 1. The van der Waals surface area contributed by atoms with Crippen molar-refractivity contribution in [2.45, 2.75) is 18.7 Å². The number of anilines is 1. The van der Waals surface area contributed by atoms with Gasteiger partial charge in [0.15, 0.2) is 0 Å². The molecule has 1 unspecified atom stereocenters. The van der Waals surface area contributed by atoms with Gasteiger partial charge in [0, 0.05) is 16.5 Å². The Balaban J connectivity index is 2.94. The Labute approximate surface area is 91.9 Å². The summed E-state index contributed by atoms with van der Waals surface area (Å²) in [6.07, 6.45) is 0. The lowest BCUT2D eigenvalue weighted by atomic mass is 10.3. The summed E-state index contributed by atoms with van der Waals surface area (Å²) in [7, 11) is -1.04. The van der Waals surface area contributed by atoms with Gasteiger partial charge >= 0.3 is 0 Å². The van der Waals surface area contributed by atoms with Crippen molar-refractivity contribution < 1.29 is 4.21 Å². The molecule has 78 valence electrons. The lowest BCUT2D eigenvalue weighted by Crippen LogP contribution is -2.06. The predicted octanol–water partition coefficient (Wildman–Crippen LogP) is 2.69. The molecule has 4 heteroatoms. The predicted molar refractivity (Wildman–Crippen MR) is 62.0 cm³/mol. The maximum absolute atomic E-state index is 11.8. The van der Waals surface area contributed by atoms with Crippen LogP contribution in [0.1, 0.15) is 13.8 Å². The van der Waals surface area contributed by atoms with Gasteiger partial charge in [-0.1, -0.05) is 25.4 Å². The molecule has 2 nitrogen and oxygen atoms in total. The van der Waals surface area contributed by atoms with Gasteiger partial charge in [-0.3, -0.25) is 4.21 Å². The van der Waals surface area contributed by atoms with E-state index in [1.165, 1.54) is 0 Å². The van der Waals surface area contributed by atoms with Gasteiger partial charge in [0.1, 0.15) is 0 Å². The molecule has 1 atom stereocenters. The number of benzene rings is 1. The van der Waals surface area contributed by atoms with Gasteiger partial charge in [-0.25, -0.2) is 0 Å². The Morgan fingerprint density at radius 2 is 2.14 bits per heavy atom. The molecular weight excluding hydrogens is 218 g/mol. The average molecular weight is 232 g/mol. The quantitative estimate of drug-likeness (QED) is 0.813. The Morgan fingerprint density at radius 3 is 2.71 bits per heavy atom. The summed E-state index contributed by atoms with van der Waals surface area (Å²) < 4.78 is 11.8. The van der Waals surface area contributed by atoms with Crippen LogP contribution in [0.15, 0.2) is 23.1 Å². The third-order valence-corrected chi connectivity index (χ3v) is 3.75. The Bertz CT molecular complexity index is 352. The van der Waals surface area contributed by atoms with Crippen molar-refractivity contribution in [3.05, 3.63) is 23.2 Å². The largest absolute Gasteiger partial charge is 0.398 e. The number of nitrogen functional groups attached to an aromatic ring is 1. The van der Waals surface area contributed by atoms with Crippen LogP contribution in [0, 0.1) is 5.92 Å². The van der Waals surface area contributed by atoms with Crippen LogP contribution in [0.5, 0.6) is 0 Å². The SMILES string of the molecule is CC(C)CS(=O)c1cc(Cl)ccc1N. The first-order chi connectivity index (χ1) is 6.50. The van der Waals surface area contributed by atoms with Crippen molar-refractivity contribution in [3.8, 4) is 0 Å². The summed E-state index contributed by atoms with van der Waals surface area (Å²) in [5, 5.41) is 0.575. The number of rotatable bonds is 3. The first kappa shape index (κ1) is 11.5. The van der Waals surface area contributed by atoms with E-state index in [4.69, 9.17) is 17.3 Å². The van der Waals surface area contributed by atoms with E-state index in [0.29, 0.717) is 27.3 Å². The normalized spacial score (nSPS) is 13.1. The van der Waals surface area contributed by atoms with Crippen molar-refractivity contribution in [3.63, 3.8) is 0 Å². The third kappa shape index (κ3) is 3.00. The second-order valence-electron chi connectivity index (χ2n) is 3.59. The van der Waals surface area contributed by atoms with Gasteiger partial charge in [0.25, 0.3) is 0 Å². The second-order valence-corrected chi connectivity index (χ2v) is 5.49. The maximum Gasteiger partial charge on any atom is 0.0632 e. The summed E-state index contributed by atoms with van der Waals surface area (Å²) in [5.41, 5.74) is 6.26. The molecule has 0 aliphatic carbocycles. The molecule has 1 aromatic carbocycles. The van der Waals surface area contributed by atoms with E-state index in [-0.39, 0.29) is 0 Å². The molecule has 0 spiro atoms. The molecule has 0 bridgehead atoms. The fourth-order valence-corrected chi connectivity index (χ4v) is 2.71. The highest BCUT2D eigenvalue weighted by molar-refractivity contribution is 7.85. The highest BCUT2D eigenvalue weighted by Gasteiger charge is 2.10. The first-order valence-corrected chi connectivity index (χ1v) is 6.14. The lowest BCUT2D eigenvalue weighted by Gasteiger charge is -2.07. The smallest absolute Gasteiger partial charge is 0.0632 e. The van der Waals surface area contributed by atoms with Gasteiger partial charge in [-0.2, -0.15) is 0 Å². The van der Waals surface area contributed by atoms with Crippen LogP contribution < -0.4 is 5.73 Å². The molecule has 0 aliphatic heterocycles. The zero-order valence-electron chi connectivity index (χ0n) is 8.29. The molecule has 0 aromatic heterocycles. The Hall–Kier alpha value is -0.540. The number of hydrogen-bond donors (Lipinski definition) is 1. The van der Waals surface area contributed by atoms with Crippen molar-refractivity contribution in [2.75, 3.05) is 11.5 Å². The number of hydrogen-bond acceptors (Lipinski definition) is 2. The van der Waals surface area contributed by atoms with Crippen molar-refractivity contribution in [1.82, 2.24) is 0 Å². The molecule has 0 aliphatic rings. The van der Waals surface area contributed by atoms with E-state index in [9.17, 15) is 4.21 Å². The molecule has 14 heavy (non-hydrogen) atoms. The number of halogens is 1. The summed E-state index contributed by atoms with van der Waals surface area (Å²) in [6, 6.07) is 5.07. The van der Waals surface area contributed by atoms with E-state index < -0.39 is 10.8 Å². The molecule has 1 aromatic rings. The van der Waals surface area contributed by atoms with E-state index in [1.54, 1.807) is 18.2 Å². The molecule has 1 rings (SSSR count). The van der Waals surface area contributed by atoms with Gasteiger partial charge in [-0.15, -0.1) is 0 Å². The molecule has 0 radical (unpaired) electrons. The lowest BCUT2D eigenvalue weighted by molar-refractivity contribution is 0.665. The van der Waals surface area contributed by atoms with Crippen LogP contribution >= 0.6 is 11.6 Å². The van der Waals surface area contributed by atoms with Crippen LogP contribution in [0.3, 0.4) is 0 Å². The van der Waals surface area contributed by atoms with Crippen LogP contribution in [0.4, 0.5) is 5.69 Å². The Kier molecular flexibility index (Phi) is 3.96. The minimum absolute atomic E-state index is 0.384. The Morgan fingerprint density at radius 1 is 1.50 bits per heavy atom. The van der Waals surface area contributed by atoms with Crippen molar-refractivity contribution in [2.24, 2.45) is 5.92 Å². The summed E-state index contributed by atoms with van der Waals surface area (Å²) in [4.78, 5) is 0.645. The average Bonchev–Trinajstić information content (AvgIpc) is 2.08. The van der Waals surface area contributed by atoms with E-state index in [0.717, 1.165) is 0 Å². The van der Waals surface area contributed by atoms with Crippen LogP contribution in [-0.4, -0.2) is 9.96 Å². The third-order valence-electron chi connectivity index (χ3n) is 1.71. The molecule has 0 saturated carbocycles. The zero-order chi connectivity index (χ0) is 10.7. The summed E-state index contributed by atoms with van der Waals surface area (Å²) in [6.45, 7) is 4.05. The zero-order valence-corrected chi connectivity index (χ0v) is 9.86. The molecule has 0 saturated heterocycles. The monoisotopic (exact) mass is 231 g/mol. The van der Waals surface area contributed by atoms with Gasteiger partial charge in [-0.05, 0) is 24.1 Å². The second kappa shape index (κ2) is 4.80. The van der Waals surface area contributed by atoms with Crippen LogP contribution in [0.2, 0.25) is 5.02 Å². The molecular formula is C10H14ClNOS. The van der Waals surface area contributed by atoms with Gasteiger partial charge < -0.3 is 5.73 Å². The van der Waals surface area contributed by atoms with Gasteiger partial charge in [0.05, 0.1) is 15.7 Å². The maximum atomic E-state index is 11.8. The highest BCUT2D eigenvalue weighted by Crippen LogP contribution is 2.22. The van der Waals surface area contributed by atoms with Crippen LogP contribution in [0.25, 0.3) is 0 Å². The highest BCUT2D eigenvalue weighted by atomic mass is 35.5. The topological polar surface area (TPSA) is 43.1 Å². The summed E-state index contributed by atoms with van der Waals surface area (Å²) >= 11 is 5.81. The molecule has 0 amide bonds. The fraction of sp³-hybridized carbons (Fsp3) is 0.400. The van der Waals surface area contributed by atoms with Crippen LogP contribution in [-0.2, 0) is 10.8 Å². The molecule has 0 fully saturated rings. The van der Waals surface area contributed by atoms with E-state index in [1.807, 2.05) is 13.8 Å².